The molecule has 0 saturated heterocycles. The molecule has 0 saturated carbocycles. The van der Waals surface area contributed by atoms with Gasteiger partial charge in [0.15, 0.2) is 0 Å². The topological polar surface area (TPSA) is 42.0 Å². The number of amides is 1. The molecule has 1 aromatic heterocycles. The fraction of sp³-hybridized carbons (Fsp3) is 0.231. The molecular weight excluding hydrogens is 316 g/mol. The van der Waals surface area contributed by atoms with E-state index >= 15 is 0 Å². The van der Waals surface area contributed by atoms with Crippen molar-refractivity contribution in [3.8, 4) is 0 Å². The molecule has 2 aromatic rings. The van der Waals surface area contributed by atoms with E-state index in [4.69, 9.17) is 11.6 Å². The van der Waals surface area contributed by atoms with Crippen molar-refractivity contribution in [3.63, 3.8) is 0 Å². The molecule has 5 heteroatoms. The van der Waals surface area contributed by atoms with Gasteiger partial charge < -0.3 is 5.32 Å². The molecular formula is C13H12BrClN2O. The standard InChI is InChI=1S/C13H12BrClN2O/c1-8-7-10(15)13(17-11(18)4-5-14)9-3-2-6-16-12(8)9/h2-3,6-7H,4-5H2,1H3,(H,17,18). The van der Waals surface area contributed by atoms with Gasteiger partial charge in [-0.25, -0.2) is 0 Å². The number of alkyl halides is 1. The van der Waals surface area contributed by atoms with E-state index in [9.17, 15) is 4.79 Å². The highest BCUT2D eigenvalue weighted by molar-refractivity contribution is 9.09. The number of hydrogen-bond donors (Lipinski definition) is 1. The summed E-state index contributed by atoms with van der Waals surface area (Å²) in [7, 11) is 0. The third kappa shape index (κ3) is 2.65. The first-order valence-corrected chi connectivity index (χ1v) is 7.03. The van der Waals surface area contributed by atoms with Crippen molar-refractivity contribution >= 4 is 50.0 Å². The van der Waals surface area contributed by atoms with Gasteiger partial charge in [0.05, 0.1) is 16.2 Å². The summed E-state index contributed by atoms with van der Waals surface area (Å²) in [5.41, 5.74) is 2.49. The highest BCUT2D eigenvalue weighted by Gasteiger charge is 2.12. The normalized spacial score (nSPS) is 10.6. The second-order valence-corrected chi connectivity index (χ2v) is 5.14. The Labute approximate surface area is 119 Å². The Morgan fingerprint density at radius 2 is 2.33 bits per heavy atom. The third-order valence-electron chi connectivity index (χ3n) is 2.62. The van der Waals surface area contributed by atoms with E-state index in [0.29, 0.717) is 22.5 Å². The molecule has 0 unspecified atom stereocenters. The molecule has 1 N–H and O–H groups in total. The van der Waals surface area contributed by atoms with Gasteiger partial charge >= 0.3 is 0 Å². The number of rotatable bonds is 3. The van der Waals surface area contributed by atoms with Crippen LogP contribution < -0.4 is 5.32 Å². The average molecular weight is 328 g/mol. The minimum Gasteiger partial charge on any atom is -0.324 e. The summed E-state index contributed by atoms with van der Waals surface area (Å²) in [6.07, 6.45) is 2.14. The molecule has 94 valence electrons. The van der Waals surface area contributed by atoms with Crippen molar-refractivity contribution in [2.24, 2.45) is 0 Å². The van der Waals surface area contributed by atoms with Crippen LogP contribution in [0.4, 0.5) is 5.69 Å². The van der Waals surface area contributed by atoms with Crippen molar-refractivity contribution in [3.05, 3.63) is 35.0 Å². The zero-order valence-electron chi connectivity index (χ0n) is 9.84. The number of carbonyl (C=O) groups excluding carboxylic acids is 1. The van der Waals surface area contributed by atoms with Crippen LogP contribution in [-0.2, 0) is 4.79 Å². The van der Waals surface area contributed by atoms with E-state index in [-0.39, 0.29) is 5.91 Å². The largest absolute Gasteiger partial charge is 0.324 e. The number of fused-ring (bicyclic) bond motifs is 1. The monoisotopic (exact) mass is 326 g/mol. The zero-order chi connectivity index (χ0) is 13.1. The summed E-state index contributed by atoms with van der Waals surface area (Å²) in [6, 6.07) is 5.56. The van der Waals surface area contributed by atoms with Crippen LogP contribution in [-0.4, -0.2) is 16.2 Å². The van der Waals surface area contributed by atoms with Crippen LogP contribution in [0, 0.1) is 6.92 Å². The molecule has 18 heavy (non-hydrogen) atoms. The smallest absolute Gasteiger partial charge is 0.225 e. The fourth-order valence-electron chi connectivity index (χ4n) is 1.80. The maximum Gasteiger partial charge on any atom is 0.225 e. The van der Waals surface area contributed by atoms with E-state index < -0.39 is 0 Å². The number of carbonyl (C=O) groups is 1. The van der Waals surface area contributed by atoms with Gasteiger partial charge in [0.25, 0.3) is 0 Å². The van der Waals surface area contributed by atoms with Gasteiger partial charge in [-0.05, 0) is 30.7 Å². The van der Waals surface area contributed by atoms with Crippen molar-refractivity contribution in [2.75, 3.05) is 10.6 Å². The number of halogens is 2. The quantitative estimate of drug-likeness (QED) is 0.868. The van der Waals surface area contributed by atoms with Crippen LogP contribution in [0.2, 0.25) is 5.02 Å². The van der Waals surface area contributed by atoms with E-state index in [1.54, 1.807) is 6.20 Å². The van der Waals surface area contributed by atoms with E-state index in [2.05, 4.69) is 26.2 Å². The number of nitrogens with one attached hydrogen (secondary N) is 1. The van der Waals surface area contributed by atoms with Crippen LogP contribution in [0.15, 0.2) is 24.4 Å². The third-order valence-corrected chi connectivity index (χ3v) is 3.31. The van der Waals surface area contributed by atoms with Gasteiger partial charge in [0, 0.05) is 23.3 Å². The van der Waals surface area contributed by atoms with Gasteiger partial charge in [-0.1, -0.05) is 27.5 Å². The van der Waals surface area contributed by atoms with E-state index in [1.165, 1.54) is 0 Å². The molecule has 0 bridgehead atoms. The highest BCUT2D eigenvalue weighted by Crippen LogP contribution is 2.32. The zero-order valence-corrected chi connectivity index (χ0v) is 12.2. The lowest BCUT2D eigenvalue weighted by atomic mass is 10.1. The molecule has 0 aliphatic heterocycles. The predicted octanol–water partition coefficient (Wildman–Crippen LogP) is 3.92. The number of benzene rings is 1. The second-order valence-electron chi connectivity index (χ2n) is 3.94. The summed E-state index contributed by atoms with van der Waals surface area (Å²) < 4.78 is 0. The van der Waals surface area contributed by atoms with Gasteiger partial charge in [-0.15, -0.1) is 0 Å². The highest BCUT2D eigenvalue weighted by atomic mass is 79.9. The molecule has 0 radical (unpaired) electrons. The van der Waals surface area contributed by atoms with Crippen LogP contribution in [0.3, 0.4) is 0 Å². The summed E-state index contributed by atoms with van der Waals surface area (Å²) in [4.78, 5) is 16.0. The molecule has 0 fully saturated rings. The Bertz CT molecular complexity index is 601. The summed E-state index contributed by atoms with van der Waals surface area (Å²) in [5, 5.41) is 4.87. The van der Waals surface area contributed by atoms with E-state index in [1.807, 2.05) is 25.1 Å². The molecule has 0 spiro atoms. The molecule has 0 aliphatic carbocycles. The first kappa shape index (κ1) is 13.3. The van der Waals surface area contributed by atoms with Gasteiger partial charge in [-0.2, -0.15) is 0 Å². The Kier molecular flexibility index (Phi) is 4.19. The van der Waals surface area contributed by atoms with Gasteiger partial charge in [0.2, 0.25) is 5.91 Å². The number of hydrogen-bond acceptors (Lipinski definition) is 2. The Hall–Kier alpha value is -1.13. The predicted molar refractivity (Wildman–Crippen MR) is 78.5 cm³/mol. The lowest BCUT2D eigenvalue weighted by Gasteiger charge is -2.11. The molecule has 0 atom stereocenters. The van der Waals surface area contributed by atoms with Crippen LogP contribution in [0.5, 0.6) is 0 Å². The SMILES string of the molecule is Cc1cc(Cl)c(NC(=O)CCBr)c2cccnc12. The summed E-state index contributed by atoms with van der Waals surface area (Å²) in [5.74, 6) is -0.0669. The fourth-order valence-corrected chi connectivity index (χ4v) is 2.47. The molecule has 1 heterocycles. The van der Waals surface area contributed by atoms with Gasteiger partial charge in [-0.3, -0.25) is 9.78 Å². The number of nitrogens with zero attached hydrogens (tertiary/aromatic N) is 1. The summed E-state index contributed by atoms with van der Waals surface area (Å²) >= 11 is 9.44. The minimum absolute atomic E-state index is 0.0669. The Morgan fingerprint density at radius 3 is 3.06 bits per heavy atom. The van der Waals surface area contributed by atoms with Crippen molar-refractivity contribution in [1.29, 1.82) is 0 Å². The van der Waals surface area contributed by atoms with Crippen LogP contribution in [0.1, 0.15) is 12.0 Å². The first-order valence-electron chi connectivity index (χ1n) is 5.53. The molecule has 0 aliphatic rings. The van der Waals surface area contributed by atoms with Crippen LogP contribution in [0.25, 0.3) is 10.9 Å². The average Bonchev–Trinajstić information content (AvgIpc) is 2.35. The first-order chi connectivity index (χ1) is 8.63. The second kappa shape index (κ2) is 5.67. The number of aryl methyl sites for hydroxylation is 1. The van der Waals surface area contributed by atoms with Crippen LogP contribution >= 0.6 is 27.5 Å². The van der Waals surface area contributed by atoms with Crippen molar-refractivity contribution < 1.29 is 4.79 Å². The lowest BCUT2D eigenvalue weighted by molar-refractivity contribution is -0.115. The van der Waals surface area contributed by atoms with Gasteiger partial charge in [0.1, 0.15) is 0 Å². The number of pyridine rings is 1. The molecule has 3 nitrogen and oxygen atoms in total. The van der Waals surface area contributed by atoms with Crippen molar-refractivity contribution in [2.45, 2.75) is 13.3 Å². The summed E-state index contributed by atoms with van der Waals surface area (Å²) in [6.45, 7) is 1.95. The Balaban J connectivity index is 2.52. The number of anilines is 1. The lowest BCUT2D eigenvalue weighted by Crippen LogP contribution is -2.12. The van der Waals surface area contributed by atoms with Crippen molar-refractivity contribution in [1.82, 2.24) is 4.98 Å². The Morgan fingerprint density at radius 1 is 1.56 bits per heavy atom. The maximum absolute atomic E-state index is 11.7. The molecule has 2 rings (SSSR count). The molecule has 1 aromatic carbocycles. The maximum atomic E-state index is 11.7. The molecule has 1 amide bonds. The van der Waals surface area contributed by atoms with E-state index in [0.717, 1.165) is 16.5 Å². The number of aromatic nitrogens is 1. The minimum atomic E-state index is -0.0669.